The number of anilines is 1. The summed E-state index contributed by atoms with van der Waals surface area (Å²) >= 11 is 3.34. The molecule has 18 heavy (non-hydrogen) atoms. The van der Waals surface area contributed by atoms with Crippen LogP contribution in [0.4, 0.5) is 5.69 Å². The van der Waals surface area contributed by atoms with E-state index >= 15 is 0 Å². The third-order valence-electron chi connectivity index (χ3n) is 2.79. The first kappa shape index (κ1) is 14.9. The summed E-state index contributed by atoms with van der Waals surface area (Å²) in [7, 11) is 0. The lowest BCUT2D eigenvalue weighted by atomic mass is 9.94. The maximum absolute atomic E-state index is 11.8. The van der Waals surface area contributed by atoms with Crippen LogP contribution in [0.15, 0.2) is 22.7 Å². The number of hydrogen-bond acceptors (Lipinski definition) is 3. The number of nitrogens with one attached hydrogen (secondary N) is 1. The van der Waals surface area contributed by atoms with E-state index in [1.165, 1.54) is 0 Å². The number of rotatable bonds is 3. The van der Waals surface area contributed by atoms with Crippen LogP contribution in [-0.4, -0.2) is 23.0 Å². The Morgan fingerprint density at radius 2 is 2.22 bits per heavy atom. The standard InChI is InChI=1S/C11H11BrN2O3.ClH/c12-7-3-1-2-5-6(4-8(13)11(16)17)10(15)14-9(5)7;/h1-3,6,8H,4,13H2,(H,14,15)(H,16,17);1H. The van der Waals surface area contributed by atoms with Crippen LogP contribution < -0.4 is 11.1 Å². The van der Waals surface area contributed by atoms with Crippen molar-refractivity contribution in [3.05, 3.63) is 28.2 Å². The second-order valence-electron chi connectivity index (χ2n) is 3.93. The molecule has 1 heterocycles. The van der Waals surface area contributed by atoms with Crippen LogP contribution in [0.2, 0.25) is 0 Å². The number of fused-ring (bicyclic) bond motifs is 1. The summed E-state index contributed by atoms with van der Waals surface area (Å²) in [4.78, 5) is 22.5. The number of carbonyl (C=O) groups is 2. The normalized spacial score (nSPS) is 18.6. The molecule has 0 fully saturated rings. The molecule has 2 rings (SSSR count). The number of benzene rings is 1. The maximum atomic E-state index is 11.8. The van der Waals surface area contributed by atoms with Gasteiger partial charge in [0.2, 0.25) is 5.91 Å². The molecule has 7 heteroatoms. The number of amides is 1. The summed E-state index contributed by atoms with van der Waals surface area (Å²) in [6.07, 6.45) is 0.102. The molecule has 0 spiro atoms. The van der Waals surface area contributed by atoms with Crippen LogP contribution in [-0.2, 0) is 9.59 Å². The van der Waals surface area contributed by atoms with Gasteiger partial charge >= 0.3 is 5.97 Å². The molecule has 0 aliphatic carbocycles. The SMILES string of the molecule is Cl.NC(CC1C(=O)Nc2c(Br)cccc21)C(=O)O. The topological polar surface area (TPSA) is 92.4 Å². The zero-order chi connectivity index (χ0) is 12.6. The first-order chi connectivity index (χ1) is 8.00. The van der Waals surface area contributed by atoms with Gasteiger partial charge in [0.1, 0.15) is 6.04 Å². The molecule has 0 aromatic heterocycles. The fraction of sp³-hybridized carbons (Fsp3) is 0.273. The Balaban J connectivity index is 0.00000162. The molecule has 1 amide bonds. The monoisotopic (exact) mass is 334 g/mol. The molecule has 1 aromatic rings. The van der Waals surface area contributed by atoms with Crippen LogP contribution in [0, 0.1) is 0 Å². The number of carboxylic acids is 1. The van der Waals surface area contributed by atoms with Crippen LogP contribution in [0.3, 0.4) is 0 Å². The number of para-hydroxylation sites is 1. The maximum Gasteiger partial charge on any atom is 0.320 e. The third kappa shape index (κ3) is 2.66. The molecule has 0 radical (unpaired) electrons. The molecule has 1 aromatic carbocycles. The van der Waals surface area contributed by atoms with Crippen molar-refractivity contribution in [3.63, 3.8) is 0 Å². The van der Waals surface area contributed by atoms with E-state index in [0.29, 0.717) is 5.69 Å². The van der Waals surface area contributed by atoms with Gasteiger partial charge in [0, 0.05) is 4.47 Å². The molecule has 2 atom stereocenters. The van der Waals surface area contributed by atoms with Crippen molar-refractivity contribution < 1.29 is 14.7 Å². The van der Waals surface area contributed by atoms with Gasteiger partial charge < -0.3 is 16.2 Å². The minimum atomic E-state index is -1.10. The molecule has 0 saturated carbocycles. The lowest BCUT2D eigenvalue weighted by molar-refractivity contribution is -0.138. The van der Waals surface area contributed by atoms with Crippen LogP contribution in [0.25, 0.3) is 0 Å². The highest BCUT2D eigenvalue weighted by Crippen LogP contribution is 2.39. The molecule has 1 aliphatic rings. The Bertz CT molecular complexity index is 495. The molecule has 4 N–H and O–H groups in total. The van der Waals surface area contributed by atoms with Gasteiger partial charge in [-0.2, -0.15) is 0 Å². The van der Waals surface area contributed by atoms with E-state index in [4.69, 9.17) is 10.8 Å². The molecule has 2 unspecified atom stereocenters. The second-order valence-corrected chi connectivity index (χ2v) is 4.78. The fourth-order valence-electron chi connectivity index (χ4n) is 1.90. The number of carboxylic acid groups (broad SMARTS) is 1. The smallest absolute Gasteiger partial charge is 0.320 e. The van der Waals surface area contributed by atoms with E-state index in [1.54, 1.807) is 6.07 Å². The van der Waals surface area contributed by atoms with Crippen molar-refractivity contribution in [2.45, 2.75) is 18.4 Å². The molecule has 0 saturated heterocycles. The number of carbonyl (C=O) groups excluding carboxylic acids is 1. The first-order valence-electron chi connectivity index (χ1n) is 5.08. The Hall–Kier alpha value is -1.11. The van der Waals surface area contributed by atoms with E-state index in [2.05, 4.69) is 21.2 Å². The Morgan fingerprint density at radius 1 is 1.56 bits per heavy atom. The zero-order valence-corrected chi connectivity index (χ0v) is 11.6. The summed E-state index contributed by atoms with van der Waals surface area (Å²) in [6, 6.07) is 4.40. The lowest BCUT2D eigenvalue weighted by Gasteiger charge is -2.11. The van der Waals surface area contributed by atoms with E-state index in [-0.39, 0.29) is 24.7 Å². The average Bonchev–Trinajstić information content (AvgIpc) is 2.58. The highest BCUT2D eigenvalue weighted by atomic mass is 79.9. The molecular formula is C11H12BrClN2O3. The van der Waals surface area contributed by atoms with Crippen molar-refractivity contribution in [2.75, 3.05) is 5.32 Å². The predicted molar refractivity (Wildman–Crippen MR) is 73.0 cm³/mol. The number of nitrogens with two attached hydrogens (primary N) is 1. The third-order valence-corrected chi connectivity index (χ3v) is 3.45. The Kier molecular flexibility index (Phi) is 4.72. The van der Waals surface area contributed by atoms with Gasteiger partial charge in [-0.15, -0.1) is 12.4 Å². The molecule has 98 valence electrons. The van der Waals surface area contributed by atoms with Crippen LogP contribution in [0.1, 0.15) is 17.9 Å². The van der Waals surface area contributed by atoms with Gasteiger partial charge in [0.15, 0.2) is 0 Å². The second kappa shape index (κ2) is 5.69. The lowest BCUT2D eigenvalue weighted by Crippen LogP contribution is -2.33. The molecule has 0 bridgehead atoms. The summed E-state index contributed by atoms with van der Waals surface area (Å²) < 4.78 is 0.787. The van der Waals surface area contributed by atoms with Crippen molar-refractivity contribution in [1.29, 1.82) is 0 Å². The van der Waals surface area contributed by atoms with Crippen LogP contribution >= 0.6 is 28.3 Å². The number of aliphatic carboxylic acids is 1. The fourth-order valence-corrected chi connectivity index (χ4v) is 2.38. The van der Waals surface area contributed by atoms with Gasteiger partial charge in [0.25, 0.3) is 0 Å². The van der Waals surface area contributed by atoms with Crippen molar-refractivity contribution in [2.24, 2.45) is 5.73 Å². The van der Waals surface area contributed by atoms with E-state index in [1.807, 2.05) is 12.1 Å². The van der Waals surface area contributed by atoms with Gasteiger partial charge in [-0.25, -0.2) is 0 Å². The Labute approximate surface area is 118 Å². The van der Waals surface area contributed by atoms with Crippen molar-refractivity contribution in [3.8, 4) is 0 Å². The minimum absolute atomic E-state index is 0. The van der Waals surface area contributed by atoms with Crippen molar-refractivity contribution >= 4 is 45.9 Å². The minimum Gasteiger partial charge on any atom is -0.480 e. The Morgan fingerprint density at radius 3 is 2.83 bits per heavy atom. The predicted octanol–water partition coefficient (Wildman–Crippen LogP) is 1.71. The van der Waals surface area contributed by atoms with E-state index < -0.39 is 17.9 Å². The highest BCUT2D eigenvalue weighted by molar-refractivity contribution is 9.10. The zero-order valence-electron chi connectivity index (χ0n) is 9.22. The van der Waals surface area contributed by atoms with Gasteiger partial charge in [-0.3, -0.25) is 9.59 Å². The molecular weight excluding hydrogens is 323 g/mol. The van der Waals surface area contributed by atoms with Crippen LogP contribution in [0.5, 0.6) is 0 Å². The quantitative estimate of drug-likeness (QED) is 0.784. The largest absolute Gasteiger partial charge is 0.480 e. The summed E-state index contributed by atoms with van der Waals surface area (Å²) in [5.41, 5.74) is 6.96. The van der Waals surface area contributed by atoms with Gasteiger partial charge in [-0.05, 0) is 34.0 Å². The van der Waals surface area contributed by atoms with E-state index in [0.717, 1.165) is 10.0 Å². The molecule has 5 nitrogen and oxygen atoms in total. The summed E-state index contributed by atoms with van der Waals surface area (Å²) in [5.74, 6) is -1.79. The van der Waals surface area contributed by atoms with Gasteiger partial charge in [0.05, 0.1) is 11.6 Å². The number of halogens is 2. The first-order valence-corrected chi connectivity index (χ1v) is 5.87. The summed E-state index contributed by atoms with van der Waals surface area (Å²) in [6.45, 7) is 0. The summed E-state index contributed by atoms with van der Waals surface area (Å²) in [5, 5.41) is 11.5. The average molecular weight is 336 g/mol. The molecule has 1 aliphatic heterocycles. The number of hydrogen-bond donors (Lipinski definition) is 3. The van der Waals surface area contributed by atoms with Gasteiger partial charge in [-0.1, -0.05) is 12.1 Å². The van der Waals surface area contributed by atoms with Crippen molar-refractivity contribution in [1.82, 2.24) is 0 Å². The highest BCUT2D eigenvalue weighted by Gasteiger charge is 2.34. The van der Waals surface area contributed by atoms with E-state index in [9.17, 15) is 9.59 Å².